The van der Waals surface area contributed by atoms with Crippen molar-refractivity contribution in [2.24, 2.45) is 5.73 Å². The predicted molar refractivity (Wildman–Crippen MR) is 78.3 cm³/mol. The number of sulfonamides is 1. The molecule has 1 aromatic carbocycles. The minimum absolute atomic E-state index is 0.232. The average molecular weight is 351 g/mol. The number of ether oxygens (including phenoxy) is 1. The standard InChI is InChI=1S/C12H19BrN2O3S/c1-9(8-18-3)15(2)19(16,17)12-5-4-10(7-14)6-11(12)13/h4-6,9H,7-8,14H2,1-3H3. The lowest BCUT2D eigenvalue weighted by Gasteiger charge is -2.24. The fraction of sp³-hybridized carbons (Fsp3) is 0.500. The van der Waals surface area contributed by atoms with Gasteiger partial charge in [0, 0.05) is 31.2 Å². The van der Waals surface area contributed by atoms with Gasteiger partial charge < -0.3 is 10.5 Å². The molecular weight excluding hydrogens is 332 g/mol. The molecule has 0 aliphatic carbocycles. The first-order valence-electron chi connectivity index (χ1n) is 5.80. The molecule has 0 heterocycles. The summed E-state index contributed by atoms with van der Waals surface area (Å²) >= 11 is 3.29. The first-order chi connectivity index (χ1) is 8.84. The Bertz CT molecular complexity index is 534. The maximum Gasteiger partial charge on any atom is 0.244 e. The summed E-state index contributed by atoms with van der Waals surface area (Å²) in [5.41, 5.74) is 6.40. The maximum atomic E-state index is 12.5. The minimum Gasteiger partial charge on any atom is -0.383 e. The van der Waals surface area contributed by atoms with Crippen molar-refractivity contribution in [1.29, 1.82) is 0 Å². The van der Waals surface area contributed by atoms with Gasteiger partial charge in [-0.1, -0.05) is 6.07 Å². The molecule has 1 rings (SSSR count). The van der Waals surface area contributed by atoms with E-state index in [1.54, 1.807) is 39.3 Å². The van der Waals surface area contributed by atoms with Crippen molar-refractivity contribution >= 4 is 26.0 Å². The van der Waals surface area contributed by atoms with E-state index in [4.69, 9.17) is 10.5 Å². The molecule has 0 saturated carbocycles. The van der Waals surface area contributed by atoms with Crippen LogP contribution in [0.2, 0.25) is 0 Å². The van der Waals surface area contributed by atoms with Crippen LogP contribution in [0.25, 0.3) is 0 Å². The van der Waals surface area contributed by atoms with Gasteiger partial charge in [-0.15, -0.1) is 0 Å². The molecule has 2 N–H and O–H groups in total. The number of hydrogen-bond acceptors (Lipinski definition) is 4. The average Bonchev–Trinajstić information content (AvgIpc) is 2.37. The van der Waals surface area contributed by atoms with Gasteiger partial charge in [0.25, 0.3) is 0 Å². The van der Waals surface area contributed by atoms with Crippen molar-refractivity contribution in [3.8, 4) is 0 Å². The maximum absolute atomic E-state index is 12.5. The molecule has 5 nitrogen and oxygen atoms in total. The third-order valence-corrected chi connectivity index (χ3v) is 5.87. The van der Waals surface area contributed by atoms with Gasteiger partial charge in [-0.3, -0.25) is 0 Å². The number of benzene rings is 1. The molecule has 0 radical (unpaired) electrons. The molecule has 0 fully saturated rings. The number of likely N-dealkylation sites (N-methyl/N-ethyl adjacent to an activating group) is 1. The van der Waals surface area contributed by atoms with E-state index in [1.807, 2.05) is 0 Å². The fourth-order valence-electron chi connectivity index (χ4n) is 1.62. The molecule has 0 aliphatic heterocycles. The summed E-state index contributed by atoms with van der Waals surface area (Å²) in [5, 5.41) is 0. The number of halogens is 1. The van der Waals surface area contributed by atoms with Crippen LogP contribution in [0.3, 0.4) is 0 Å². The third-order valence-electron chi connectivity index (χ3n) is 2.92. The van der Waals surface area contributed by atoms with Crippen LogP contribution in [0, 0.1) is 0 Å². The van der Waals surface area contributed by atoms with E-state index < -0.39 is 10.0 Å². The summed E-state index contributed by atoms with van der Waals surface area (Å²) in [6.07, 6.45) is 0. The van der Waals surface area contributed by atoms with E-state index in [9.17, 15) is 8.42 Å². The number of nitrogens with two attached hydrogens (primary N) is 1. The normalized spacial score (nSPS) is 13.8. The topological polar surface area (TPSA) is 72.6 Å². The highest BCUT2D eigenvalue weighted by atomic mass is 79.9. The number of rotatable bonds is 6. The smallest absolute Gasteiger partial charge is 0.244 e. The summed E-state index contributed by atoms with van der Waals surface area (Å²) in [6, 6.07) is 4.77. The molecule has 0 saturated heterocycles. The van der Waals surface area contributed by atoms with Crippen molar-refractivity contribution < 1.29 is 13.2 Å². The van der Waals surface area contributed by atoms with Gasteiger partial charge in [0.15, 0.2) is 0 Å². The van der Waals surface area contributed by atoms with Gasteiger partial charge in [-0.05, 0) is 40.5 Å². The van der Waals surface area contributed by atoms with E-state index in [0.29, 0.717) is 17.6 Å². The highest BCUT2D eigenvalue weighted by Crippen LogP contribution is 2.26. The monoisotopic (exact) mass is 350 g/mol. The highest BCUT2D eigenvalue weighted by molar-refractivity contribution is 9.10. The predicted octanol–water partition coefficient (Wildman–Crippen LogP) is 1.56. The molecule has 0 amide bonds. The van der Waals surface area contributed by atoms with Crippen LogP contribution in [0.15, 0.2) is 27.6 Å². The summed E-state index contributed by atoms with van der Waals surface area (Å²) < 4.78 is 31.8. The van der Waals surface area contributed by atoms with Gasteiger partial charge in [-0.2, -0.15) is 4.31 Å². The number of nitrogens with zero attached hydrogens (tertiary/aromatic N) is 1. The van der Waals surface area contributed by atoms with E-state index in [0.717, 1.165) is 5.56 Å². The molecule has 0 aliphatic rings. The largest absolute Gasteiger partial charge is 0.383 e. The van der Waals surface area contributed by atoms with Crippen LogP contribution in [-0.2, 0) is 21.3 Å². The second-order valence-electron chi connectivity index (χ2n) is 4.29. The molecule has 0 spiro atoms. The lowest BCUT2D eigenvalue weighted by Crippen LogP contribution is -2.37. The fourth-order valence-corrected chi connectivity index (χ4v) is 4.05. The molecule has 0 aromatic heterocycles. The van der Waals surface area contributed by atoms with E-state index in [2.05, 4.69) is 15.9 Å². The van der Waals surface area contributed by atoms with Crippen LogP contribution < -0.4 is 5.73 Å². The highest BCUT2D eigenvalue weighted by Gasteiger charge is 2.27. The Hall–Kier alpha value is -0.470. The molecule has 7 heteroatoms. The lowest BCUT2D eigenvalue weighted by molar-refractivity contribution is 0.149. The van der Waals surface area contributed by atoms with Crippen LogP contribution in [0.5, 0.6) is 0 Å². The Morgan fingerprint density at radius 2 is 2.11 bits per heavy atom. The van der Waals surface area contributed by atoms with E-state index in [1.165, 1.54) is 4.31 Å². The zero-order chi connectivity index (χ0) is 14.6. The first kappa shape index (κ1) is 16.6. The van der Waals surface area contributed by atoms with Crippen molar-refractivity contribution in [3.63, 3.8) is 0 Å². The Morgan fingerprint density at radius 1 is 1.47 bits per heavy atom. The first-order valence-corrected chi connectivity index (χ1v) is 8.03. The molecule has 0 bridgehead atoms. The number of methoxy groups -OCH3 is 1. The van der Waals surface area contributed by atoms with E-state index >= 15 is 0 Å². The second-order valence-corrected chi connectivity index (χ2v) is 7.11. The van der Waals surface area contributed by atoms with Crippen LogP contribution >= 0.6 is 15.9 Å². The van der Waals surface area contributed by atoms with Gasteiger partial charge >= 0.3 is 0 Å². The second kappa shape index (κ2) is 6.81. The minimum atomic E-state index is -3.55. The van der Waals surface area contributed by atoms with Crippen LogP contribution in [-0.4, -0.2) is 39.5 Å². The molecule has 1 atom stereocenters. The lowest BCUT2D eigenvalue weighted by atomic mass is 10.2. The quantitative estimate of drug-likeness (QED) is 0.844. The summed E-state index contributed by atoms with van der Waals surface area (Å²) in [7, 11) is -0.462. The van der Waals surface area contributed by atoms with E-state index in [-0.39, 0.29) is 10.9 Å². The Balaban J connectivity index is 3.13. The molecule has 1 unspecified atom stereocenters. The number of hydrogen-bond donors (Lipinski definition) is 1. The summed E-state index contributed by atoms with van der Waals surface area (Å²) in [5.74, 6) is 0. The molecule has 108 valence electrons. The zero-order valence-corrected chi connectivity index (χ0v) is 13.7. The summed E-state index contributed by atoms with van der Waals surface area (Å²) in [4.78, 5) is 0.232. The summed E-state index contributed by atoms with van der Waals surface area (Å²) in [6.45, 7) is 2.51. The van der Waals surface area contributed by atoms with Crippen molar-refractivity contribution in [3.05, 3.63) is 28.2 Å². The van der Waals surface area contributed by atoms with Gasteiger partial charge in [0.2, 0.25) is 10.0 Å². The van der Waals surface area contributed by atoms with Crippen molar-refractivity contribution in [1.82, 2.24) is 4.31 Å². The van der Waals surface area contributed by atoms with Crippen molar-refractivity contribution in [2.75, 3.05) is 20.8 Å². The van der Waals surface area contributed by atoms with Gasteiger partial charge in [0.1, 0.15) is 0 Å². The van der Waals surface area contributed by atoms with Crippen LogP contribution in [0.1, 0.15) is 12.5 Å². The third kappa shape index (κ3) is 3.76. The molecule has 1 aromatic rings. The van der Waals surface area contributed by atoms with Gasteiger partial charge in [0.05, 0.1) is 11.5 Å². The van der Waals surface area contributed by atoms with Gasteiger partial charge in [-0.25, -0.2) is 8.42 Å². The van der Waals surface area contributed by atoms with Crippen molar-refractivity contribution in [2.45, 2.75) is 24.4 Å². The Labute approximate surface area is 122 Å². The van der Waals surface area contributed by atoms with Crippen LogP contribution in [0.4, 0.5) is 0 Å². The Morgan fingerprint density at radius 3 is 2.58 bits per heavy atom. The molecular formula is C12H19BrN2O3S. The SMILES string of the molecule is COCC(C)N(C)S(=O)(=O)c1ccc(CN)cc1Br. The zero-order valence-electron chi connectivity index (χ0n) is 11.3. The Kier molecular flexibility index (Phi) is 5.94. The molecule has 19 heavy (non-hydrogen) atoms.